The van der Waals surface area contributed by atoms with Crippen molar-refractivity contribution in [2.45, 2.75) is 30.3 Å². The van der Waals surface area contributed by atoms with Gasteiger partial charge in [-0.15, -0.1) is 0 Å². The molecule has 22 heavy (non-hydrogen) atoms. The summed E-state index contributed by atoms with van der Waals surface area (Å²) in [6, 6.07) is 2.35. The van der Waals surface area contributed by atoms with Crippen LogP contribution in [0.1, 0.15) is 19.3 Å². The van der Waals surface area contributed by atoms with Crippen molar-refractivity contribution in [1.29, 1.82) is 0 Å². The third-order valence-corrected chi connectivity index (χ3v) is 4.76. The molecule has 1 N–H and O–H groups in total. The zero-order chi connectivity index (χ0) is 16.0. The van der Waals surface area contributed by atoms with Crippen molar-refractivity contribution >= 4 is 10.0 Å². The van der Waals surface area contributed by atoms with Crippen molar-refractivity contribution in [2.75, 3.05) is 26.4 Å². The molecule has 1 aliphatic heterocycles. The lowest BCUT2D eigenvalue weighted by atomic mass is 10.2. The molecule has 8 heteroatoms. The maximum Gasteiger partial charge on any atom is 0.243 e. The maximum absolute atomic E-state index is 13.5. The lowest BCUT2D eigenvalue weighted by molar-refractivity contribution is 0.0169. The van der Waals surface area contributed by atoms with E-state index in [2.05, 4.69) is 4.72 Å². The lowest BCUT2D eigenvalue weighted by Gasteiger charge is -2.10. The second-order valence-electron chi connectivity index (χ2n) is 5.04. The Balaban J connectivity index is 1.71. The molecular weight excluding hydrogens is 316 g/mol. The van der Waals surface area contributed by atoms with Crippen molar-refractivity contribution in [1.82, 2.24) is 4.72 Å². The molecule has 1 atom stereocenters. The van der Waals surface area contributed by atoms with Crippen molar-refractivity contribution in [2.24, 2.45) is 0 Å². The van der Waals surface area contributed by atoms with Crippen LogP contribution in [-0.4, -0.2) is 40.9 Å². The first-order chi connectivity index (χ1) is 10.5. The lowest BCUT2D eigenvalue weighted by Crippen LogP contribution is -2.26. The first-order valence-electron chi connectivity index (χ1n) is 7.13. The van der Waals surface area contributed by atoms with E-state index in [9.17, 15) is 17.2 Å². The molecule has 1 heterocycles. The van der Waals surface area contributed by atoms with E-state index in [0.29, 0.717) is 25.7 Å². The average Bonchev–Trinajstić information content (AvgIpc) is 2.95. The van der Waals surface area contributed by atoms with Gasteiger partial charge in [-0.1, -0.05) is 0 Å². The molecule has 5 nitrogen and oxygen atoms in total. The molecule has 1 aromatic carbocycles. The molecule has 0 spiro atoms. The Morgan fingerprint density at radius 3 is 2.86 bits per heavy atom. The molecule has 0 saturated carbocycles. The number of halogens is 2. The highest BCUT2D eigenvalue weighted by Gasteiger charge is 2.19. The van der Waals surface area contributed by atoms with Crippen molar-refractivity contribution in [3.05, 3.63) is 29.8 Å². The highest BCUT2D eigenvalue weighted by atomic mass is 32.2. The molecule has 0 bridgehead atoms. The normalized spacial score (nSPS) is 18.7. The summed E-state index contributed by atoms with van der Waals surface area (Å²) >= 11 is 0. The SMILES string of the molecule is O=S(=O)(NCCCOC[C@@H]1CCCO1)c1ccc(F)cc1F. The summed E-state index contributed by atoms with van der Waals surface area (Å²) in [6.07, 6.45) is 2.60. The fourth-order valence-electron chi connectivity index (χ4n) is 2.14. The predicted molar refractivity (Wildman–Crippen MR) is 76.0 cm³/mol. The topological polar surface area (TPSA) is 64.6 Å². The molecule has 0 radical (unpaired) electrons. The van der Waals surface area contributed by atoms with Gasteiger partial charge in [-0.25, -0.2) is 21.9 Å². The number of ether oxygens (including phenoxy) is 2. The molecular formula is C14H19F2NO4S. The van der Waals surface area contributed by atoms with Gasteiger partial charge in [0.25, 0.3) is 0 Å². The predicted octanol–water partition coefficient (Wildman–Crippen LogP) is 1.83. The van der Waals surface area contributed by atoms with E-state index < -0.39 is 26.6 Å². The Bertz CT molecular complexity index is 589. The largest absolute Gasteiger partial charge is 0.379 e. The summed E-state index contributed by atoms with van der Waals surface area (Å²) in [7, 11) is -3.98. The monoisotopic (exact) mass is 335 g/mol. The maximum atomic E-state index is 13.5. The minimum absolute atomic E-state index is 0.116. The van der Waals surface area contributed by atoms with Crippen LogP contribution in [0.3, 0.4) is 0 Å². The molecule has 2 rings (SSSR count). The molecule has 0 aromatic heterocycles. The van der Waals surface area contributed by atoms with Crippen LogP contribution in [0.5, 0.6) is 0 Å². The van der Waals surface area contributed by atoms with Crippen LogP contribution in [0.25, 0.3) is 0 Å². The van der Waals surface area contributed by atoms with Crippen molar-refractivity contribution in [3.8, 4) is 0 Å². The number of hydrogen-bond donors (Lipinski definition) is 1. The smallest absolute Gasteiger partial charge is 0.243 e. The molecule has 1 fully saturated rings. The Hall–Kier alpha value is -1.09. The number of hydrogen-bond acceptors (Lipinski definition) is 4. The van der Waals surface area contributed by atoms with E-state index >= 15 is 0 Å². The van der Waals surface area contributed by atoms with Gasteiger partial charge in [0.05, 0.1) is 12.7 Å². The Kier molecular flexibility index (Phi) is 6.25. The Labute approximate surface area is 128 Å². The van der Waals surface area contributed by atoms with Crippen molar-refractivity contribution < 1.29 is 26.7 Å². The average molecular weight is 335 g/mol. The Morgan fingerprint density at radius 2 is 2.18 bits per heavy atom. The van der Waals surface area contributed by atoms with E-state index in [-0.39, 0.29) is 12.6 Å². The van der Waals surface area contributed by atoms with E-state index in [0.717, 1.165) is 31.6 Å². The van der Waals surface area contributed by atoms with Gasteiger partial charge < -0.3 is 9.47 Å². The molecule has 0 amide bonds. The molecule has 1 saturated heterocycles. The molecule has 0 unspecified atom stereocenters. The minimum atomic E-state index is -3.98. The van der Waals surface area contributed by atoms with Crippen LogP contribution in [0.4, 0.5) is 8.78 Å². The zero-order valence-corrected chi connectivity index (χ0v) is 12.9. The molecule has 0 aliphatic carbocycles. The summed E-state index contributed by atoms with van der Waals surface area (Å²) in [5.41, 5.74) is 0. The van der Waals surface area contributed by atoms with Crippen LogP contribution in [0.2, 0.25) is 0 Å². The van der Waals surface area contributed by atoms with E-state index in [1.807, 2.05) is 0 Å². The zero-order valence-electron chi connectivity index (χ0n) is 12.1. The van der Waals surface area contributed by atoms with Gasteiger partial charge in [-0.3, -0.25) is 0 Å². The standard InChI is InChI=1S/C14H19F2NO4S/c15-11-4-5-14(13(16)9-11)22(18,19)17-6-2-7-20-10-12-3-1-8-21-12/h4-5,9,12,17H,1-3,6-8,10H2/t12-/m0/s1. The third kappa shape index (κ3) is 4.98. The van der Waals surface area contributed by atoms with Crippen molar-refractivity contribution in [3.63, 3.8) is 0 Å². The quantitative estimate of drug-likeness (QED) is 0.736. The van der Waals surface area contributed by atoms with E-state index in [1.165, 1.54) is 0 Å². The summed E-state index contributed by atoms with van der Waals surface area (Å²) in [5, 5.41) is 0. The van der Waals surface area contributed by atoms with Crippen LogP contribution >= 0.6 is 0 Å². The van der Waals surface area contributed by atoms with Gasteiger partial charge in [-0.05, 0) is 31.4 Å². The number of rotatable bonds is 8. The first-order valence-corrected chi connectivity index (χ1v) is 8.61. The number of benzene rings is 1. The van der Waals surface area contributed by atoms with Crippen LogP contribution in [0, 0.1) is 11.6 Å². The number of sulfonamides is 1. The molecule has 124 valence electrons. The van der Waals surface area contributed by atoms with Gasteiger partial charge in [-0.2, -0.15) is 0 Å². The fourth-order valence-corrected chi connectivity index (χ4v) is 3.27. The summed E-state index contributed by atoms with van der Waals surface area (Å²) in [5.74, 6) is -1.93. The second kappa shape index (κ2) is 7.96. The Morgan fingerprint density at radius 1 is 1.36 bits per heavy atom. The van der Waals surface area contributed by atoms with E-state index in [4.69, 9.17) is 9.47 Å². The molecule has 1 aliphatic rings. The van der Waals surface area contributed by atoms with Crippen LogP contribution in [0.15, 0.2) is 23.1 Å². The van der Waals surface area contributed by atoms with Gasteiger partial charge in [0.2, 0.25) is 10.0 Å². The van der Waals surface area contributed by atoms with E-state index in [1.54, 1.807) is 0 Å². The molecule has 1 aromatic rings. The number of nitrogens with one attached hydrogen (secondary N) is 1. The van der Waals surface area contributed by atoms with Gasteiger partial charge in [0.15, 0.2) is 0 Å². The summed E-state index contributed by atoms with van der Waals surface area (Å²) in [6.45, 7) is 1.76. The van der Waals surface area contributed by atoms with Gasteiger partial charge in [0.1, 0.15) is 16.5 Å². The highest BCUT2D eigenvalue weighted by Crippen LogP contribution is 2.15. The first kappa shape index (κ1) is 17.3. The summed E-state index contributed by atoms with van der Waals surface area (Å²) < 4.78 is 63.0. The second-order valence-corrected chi connectivity index (χ2v) is 6.77. The van der Waals surface area contributed by atoms with Crippen LogP contribution in [-0.2, 0) is 19.5 Å². The van der Waals surface area contributed by atoms with Gasteiger partial charge >= 0.3 is 0 Å². The third-order valence-electron chi connectivity index (χ3n) is 3.27. The fraction of sp³-hybridized carbons (Fsp3) is 0.571. The minimum Gasteiger partial charge on any atom is -0.379 e. The van der Waals surface area contributed by atoms with Gasteiger partial charge in [0, 0.05) is 25.8 Å². The highest BCUT2D eigenvalue weighted by molar-refractivity contribution is 7.89. The van der Waals surface area contributed by atoms with Crippen LogP contribution < -0.4 is 4.72 Å². The summed E-state index contributed by atoms with van der Waals surface area (Å²) in [4.78, 5) is -0.561.